The van der Waals surface area contributed by atoms with Gasteiger partial charge in [0, 0.05) is 31.5 Å². The number of hydroxylamine groups is 2. The Morgan fingerprint density at radius 1 is 1.30 bits per heavy atom. The van der Waals surface area contributed by atoms with Gasteiger partial charge in [-0.3, -0.25) is 19.9 Å². The molecule has 3 aromatic rings. The molecular formula is C18H20N6O3. The van der Waals surface area contributed by atoms with Gasteiger partial charge in [0.2, 0.25) is 5.95 Å². The monoisotopic (exact) mass is 368 g/mol. The highest BCUT2D eigenvalue weighted by molar-refractivity contribution is 6.07. The molecule has 0 atom stereocenters. The van der Waals surface area contributed by atoms with Crippen LogP contribution in [0.2, 0.25) is 0 Å². The lowest BCUT2D eigenvalue weighted by molar-refractivity contribution is -0.0755. The number of hydrogen-bond acceptors (Lipinski definition) is 5. The lowest BCUT2D eigenvalue weighted by Gasteiger charge is -2.14. The molecule has 0 radical (unpaired) electrons. The first-order chi connectivity index (χ1) is 13.0. The van der Waals surface area contributed by atoms with E-state index in [2.05, 4.69) is 25.6 Å². The lowest BCUT2D eigenvalue weighted by Crippen LogP contribution is -2.28. The number of aromatic nitrogens is 3. The van der Waals surface area contributed by atoms with E-state index in [1.807, 2.05) is 25.1 Å². The number of fused-ring (bicyclic) bond motifs is 1. The number of urea groups is 1. The minimum absolute atomic E-state index is 0.244. The second-order valence-electron chi connectivity index (χ2n) is 5.72. The standard InChI is InChI=1S/C18H20N6O3/c1-4-20-18(26)23-17-21-14-9-12(11-6-5-7-19-10-11)8-13(15(14)22-17)16(25)24(2)27-3/h5-10H,4H2,1-3H3,(H3,20,21,22,23,26). The Labute approximate surface area is 155 Å². The molecule has 0 aliphatic heterocycles. The van der Waals surface area contributed by atoms with Crippen molar-refractivity contribution in [3.8, 4) is 11.1 Å². The molecule has 0 bridgehead atoms. The smallest absolute Gasteiger partial charge is 0.321 e. The maximum absolute atomic E-state index is 12.7. The number of benzene rings is 1. The van der Waals surface area contributed by atoms with E-state index >= 15 is 0 Å². The third-order valence-electron chi connectivity index (χ3n) is 3.94. The maximum Gasteiger partial charge on any atom is 0.321 e. The van der Waals surface area contributed by atoms with Crippen LogP contribution in [0.5, 0.6) is 0 Å². The minimum atomic E-state index is -0.383. The Kier molecular flexibility index (Phi) is 5.32. The number of aromatic amines is 1. The molecule has 0 aliphatic carbocycles. The summed E-state index contributed by atoms with van der Waals surface area (Å²) in [7, 11) is 2.93. The molecule has 1 aromatic carbocycles. The van der Waals surface area contributed by atoms with E-state index in [0.717, 1.165) is 16.2 Å². The van der Waals surface area contributed by atoms with Crippen molar-refractivity contribution in [3.63, 3.8) is 0 Å². The Morgan fingerprint density at radius 2 is 2.11 bits per heavy atom. The van der Waals surface area contributed by atoms with Crippen molar-refractivity contribution < 1.29 is 14.4 Å². The van der Waals surface area contributed by atoms with Crippen LogP contribution in [0.3, 0.4) is 0 Å². The van der Waals surface area contributed by atoms with Crippen LogP contribution in [0.25, 0.3) is 22.2 Å². The van der Waals surface area contributed by atoms with Crippen LogP contribution in [-0.4, -0.2) is 52.7 Å². The second kappa shape index (κ2) is 7.83. The molecule has 9 nitrogen and oxygen atoms in total. The molecule has 2 heterocycles. The van der Waals surface area contributed by atoms with Crippen LogP contribution < -0.4 is 10.6 Å². The van der Waals surface area contributed by atoms with E-state index in [9.17, 15) is 9.59 Å². The van der Waals surface area contributed by atoms with Gasteiger partial charge in [-0.25, -0.2) is 14.8 Å². The zero-order valence-corrected chi connectivity index (χ0v) is 15.2. The topological polar surface area (TPSA) is 112 Å². The van der Waals surface area contributed by atoms with Gasteiger partial charge in [0.1, 0.15) is 5.52 Å². The van der Waals surface area contributed by atoms with Gasteiger partial charge in [-0.05, 0) is 30.7 Å². The fourth-order valence-corrected chi connectivity index (χ4v) is 2.60. The van der Waals surface area contributed by atoms with E-state index in [1.165, 1.54) is 14.2 Å². The third kappa shape index (κ3) is 3.87. The van der Waals surface area contributed by atoms with Gasteiger partial charge in [-0.1, -0.05) is 6.07 Å². The fraction of sp³-hybridized carbons (Fsp3) is 0.222. The average molecular weight is 368 g/mol. The van der Waals surface area contributed by atoms with Crippen LogP contribution in [0.1, 0.15) is 17.3 Å². The summed E-state index contributed by atoms with van der Waals surface area (Å²) in [6.07, 6.45) is 3.39. The molecule has 0 unspecified atom stereocenters. The molecular weight excluding hydrogens is 348 g/mol. The van der Waals surface area contributed by atoms with E-state index < -0.39 is 0 Å². The number of pyridine rings is 1. The normalized spacial score (nSPS) is 10.6. The van der Waals surface area contributed by atoms with E-state index in [4.69, 9.17) is 4.84 Å². The summed E-state index contributed by atoms with van der Waals surface area (Å²) >= 11 is 0. The van der Waals surface area contributed by atoms with Gasteiger partial charge in [0.15, 0.2) is 0 Å². The number of rotatable bonds is 5. The number of anilines is 1. The van der Waals surface area contributed by atoms with Crippen molar-refractivity contribution in [1.82, 2.24) is 25.3 Å². The van der Waals surface area contributed by atoms with Gasteiger partial charge in [-0.2, -0.15) is 0 Å². The number of nitrogens with one attached hydrogen (secondary N) is 3. The Bertz CT molecular complexity index is 970. The molecule has 0 saturated heterocycles. The van der Waals surface area contributed by atoms with Crippen LogP contribution in [-0.2, 0) is 4.84 Å². The zero-order chi connectivity index (χ0) is 19.4. The molecule has 0 aliphatic rings. The molecule has 3 rings (SSSR count). The fourth-order valence-electron chi connectivity index (χ4n) is 2.60. The van der Waals surface area contributed by atoms with Gasteiger partial charge in [0.05, 0.1) is 18.2 Å². The number of carbonyl (C=O) groups excluding carboxylic acids is 2. The van der Waals surface area contributed by atoms with Crippen LogP contribution in [0.4, 0.5) is 10.7 Å². The molecule has 9 heteroatoms. The molecule has 3 N–H and O–H groups in total. The van der Waals surface area contributed by atoms with Crippen molar-refractivity contribution >= 4 is 28.9 Å². The number of carbonyl (C=O) groups is 2. The van der Waals surface area contributed by atoms with Gasteiger partial charge < -0.3 is 10.3 Å². The zero-order valence-electron chi connectivity index (χ0n) is 15.2. The van der Waals surface area contributed by atoms with Crippen molar-refractivity contribution in [3.05, 3.63) is 42.2 Å². The van der Waals surface area contributed by atoms with Crippen molar-refractivity contribution in [2.45, 2.75) is 6.92 Å². The molecule has 3 amide bonds. The summed E-state index contributed by atoms with van der Waals surface area (Å²) in [6, 6.07) is 6.91. The van der Waals surface area contributed by atoms with Crippen molar-refractivity contribution in [2.24, 2.45) is 0 Å². The first-order valence-corrected chi connectivity index (χ1v) is 8.34. The van der Waals surface area contributed by atoms with E-state index in [-0.39, 0.29) is 17.9 Å². The van der Waals surface area contributed by atoms with Gasteiger partial charge in [-0.15, -0.1) is 0 Å². The first-order valence-electron chi connectivity index (χ1n) is 8.34. The first kappa shape index (κ1) is 18.3. The van der Waals surface area contributed by atoms with Crippen LogP contribution in [0, 0.1) is 0 Å². The molecule has 0 fully saturated rings. The minimum Gasteiger partial charge on any atom is -0.338 e. The van der Waals surface area contributed by atoms with Crippen molar-refractivity contribution in [1.29, 1.82) is 0 Å². The maximum atomic E-state index is 12.7. The van der Waals surface area contributed by atoms with Crippen LogP contribution in [0.15, 0.2) is 36.7 Å². The van der Waals surface area contributed by atoms with Crippen molar-refractivity contribution in [2.75, 3.05) is 26.0 Å². The van der Waals surface area contributed by atoms with Gasteiger partial charge >= 0.3 is 6.03 Å². The van der Waals surface area contributed by atoms with Crippen LogP contribution >= 0.6 is 0 Å². The summed E-state index contributed by atoms with van der Waals surface area (Å²) in [5.41, 5.74) is 3.02. The van der Waals surface area contributed by atoms with E-state index in [1.54, 1.807) is 18.5 Å². The number of nitrogens with zero attached hydrogens (tertiary/aromatic N) is 3. The Hall–Kier alpha value is -3.46. The molecule has 2 aromatic heterocycles. The predicted molar refractivity (Wildman–Crippen MR) is 101 cm³/mol. The summed E-state index contributed by atoms with van der Waals surface area (Å²) in [4.78, 5) is 41.0. The number of H-pyrrole nitrogens is 1. The second-order valence-corrected chi connectivity index (χ2v) is 5.72. The highest BCUT2D eigenvalue weighted by Crippen LogP contribution is 2.28. The number of amides is 3. The number of hydrogen-bond donors (Lipinski definition) is 3. The summed E-state index contributed by atoms with van der Waals surface area (Å²) in [5, 5.41) is 6.36. The highest BCUT2D eigenvalue weighted by atomic mass is 16.7. The molecule has 0 spiro atoms. The third-order valence-corrected chi connectivity index (χ3v) is 3.94. The lowest BCUT2D eigenvalue weighted by atomic mass is 10.0. The van der Waals surface area contributed by atoms with Gasteiger partial charge in [0.25, 0.3) is 5.91 Å². The summed E-state index contributed by atoms with van der Waals surface area (Å²) in [5.74, 6) is -0.113. The summed E-state index contributed by atoms with van der Waals surface area (Å²) in [6.45, 7) is 2.30. The summed E-state index contributed by atoms with van der Waals surface area (Å²) < 4.78 is 0. The average Bonchev–Trinajstić information content (AvgIpc) is 3.08. The Morgan fingerprint density at radius 3 is 2.78 bits per heavy atom. The predicted octanol–water partition coefficient (Wildman–Crippen LogP) is 2.40. The highest BCUT2D eigenvalue weighted by Gasteiger charge is 2.20. The molecule has 0 saturated carbocycles. The largest absolute Gasteiger partial charge is 0.338 e. The van der Waals surface area contributed by atoms with E-state index in [0.29, 0.717) is 23.1 Å². The molecule has 140 valence electrons. The number of imidazole rings is 1. The molecule has 27 heavy (non-hydrogen) atoms. The quantitative estimate of drug-likeness (QED) is 0.599. The Balaban J connectivity index is 2.11. The SMILES string of the molecule is CCNC(=O)Nc1nc2c(C(=O)N(C)OC)cc(-c3cccnc3)cc2[nH]1.